The summed E-state index contributed by atoms with van der Waals surface area (Å²) in [6, 6.07) is 1.47. The van der Waals surface area contributed by atoms with Gasteiger partial charge in [0.2, 0.25) is 0 Å². The molecule has 1 aliphatic carbocycles. The third-order valence-electron chi connectivity index (χ3n) is 3.02. The molecule has 0 radical (unpaired) electrons. The lowest BCUT2D eigenvalue weighted by atomic mass is 9.81. The van der Waals surface area contributed by atoms with E-state index >= 15 is 0 Å². The van der Waals surface area contributed by atoms with Gasteiger partial charge in [-0.2, -0.15) is 0 Å². The number of aromatic nitrogens is 1. The zero-order chi connectivity index (χ0) is 11.0. The number of H-pyrrole nitrogens is 1. The van der Waals surface area contributed by atoms with Crippen LogP contribution in [-0.4, -0.2) is 16.1 Å². The van der Waals surface area contributed by atoms with Crippen molar-refractivity contribution in [3.63, 3.8) is 0 Å². The molecule has 0 spiro atoms. The number of carboxylic acid groups (broad SMARTS) is 1. The third kappa shape index (κ3) is 1.67. The van der Waals surface area contributed by atoms with Crippen LogP contribution in [-0.2, 0) is 0 Å². The maximum absolute atomic E-state index is 11.4. The minimum Gasteiger partial charge on any atom is -0.477 e. The number of aryl methyl sites for hydroxylation is 1. The molecule has 2 rings (SSSR count). The van der Waals surface area contributed by atoms with E-state index in [9.17, 15) is 9.59 Å². The molecule has 2 N–H and O–H groups in total. The number of hydrogen-bond acceptors (Lipinski definition) is 2. The lowest BCUT2D eigenvalue weighted by Crippen LogP contribution is -2.23. The molecule has 0 atom stereocenters. The summed E-state index contributed by atoms with van der Waals surface area (Å²) in [6.07, 6.45) is 3.36. The quantitative estimate of drug-likeness (QED) is 0.774. The molecule has 1 aromatic rings. The third-order valence-corrected chi connectivity index (χ3v) is 3.02. The molecule has 15 heavy (non-hydrogen) atoms. The first-order chi connectivity index (χ1) is 7.09. The van der Waals surface area contributed by atoms with Crippen LogP contribution in [0, 0.1) is 6.92 Å². The molecule has 1 saturated carbocycles. The van der Waals surface area contributed by atoms with E-state index in [1.807, 2.05) is 6.92 Å². The molecule has 0 aromatic carbocycles. The van der Waals surface area contributed by atoms with Gasteiger partial charge in [0.25, 0.3) is 5.56 Å². The summed E-state index contributed by atoms with van der Waals surface area (Å²) in [5.74, 6) is -0.750. The smallest absolute Gasteiger partial charge is 0.341 e. The van der Waals surface area contributed by atoms with Gasteiger partial charge in [-0.15, -0.1) is 0 Å². The Morgan fingerprint density at radius 1 is 1.53 bits per heavy atom. The Morgan fingerprint density at radius 3 is 2.67 bits per heavy atom. The van der Waals surface area contributed by atoms with Crippen molar-refractivity contribution in [3.05, 3.63) is 33.2 Å². The van der Waals surface area contributed by atoms with E-state index < -0.39 is 11.5 Å². The van der Waals surface area contributed by atoms with Gasteiger partial charge in [-0.1, -0.05) is 6.42 Å². The molecule has 0 aliphatic heterocycles. The van der Waals surface area contributed by atoms with E-state index in [1.165, 1.54) is 12.5 Å². The molecule has 1 fully saturated rings. The van der Waals surface area contributed by atoms with Gasteiger partial charge in [0.1, 0.15) is 5.56 Å². The van der Waals surface area contributed by atoms with E-state index in [4.69, 9.17) is 5.11 Å². The fraction of sp³-hybridized carbons (Fsp3) is 0.455. The van der Waals surface area contributed by atoms with Crippen molar-refractivity contribution in [1.29, 1.82) is 0 Å². The Morgan fingerprint density at radius 2 is 2.20 bits per heavy atom. The van der Waals surface area contributed by atoms with Crippen molar-refractivity contribution < 1.29 is 9.90 Å². The van der Waals surface area contributed by atoms with Crippen molar-refractivity contribution in [2.75, 3.05) is 0 Å². The van der Waals surface area contributed by atoms with Crippen LogP contribution < -0.4 is 5.56 Å². The second-order valence-electron chi connectivity index (χ2n) is 4.04. The predicted octanol–water partition coefficient (Wildman–Crippen LogP) is 1.65. The number of carbonyl (C=O) groups is 1. The normalized spacial score (nSPS) is 16.1. The minimum absolute atomic E-state index is 0.171. The number of carboxylic acids is 1. The van der Waals surface area contributed by atoms with Crippen LogP contribution in [0.1, 0.15) is 46.8 Å². The van der Waals surface area contributed by atoms with Gasteiger partial charge < -0.3 is 10.1 Å². The first-order valence-corrected chi connectivity index (χ1v) is 5.06. The van der Waals surface area contributed by atoms with Crippen molar-refractivity contribution >= 4 is 5.97 Å². The summed E-state index contributed by atoms with van der Waals surface area (Å²) in [4.78, 5) is 24.9. The maximum atomic E-state index is 11.4. The van der Waals surface area contributed by atoms with Crippen molar-refractivity contribution in [2.24, 2.45) is 0 Å². The summed E-state index contributed by atoms with van der Waals surface area (Å²) in [7, 11) is 0. The standard InChI is InChI=1S/C11H13NO3/c1-6-5-8(11(14)15)10(13)12-9(6)7-3-2-4-7/h5,7H,2-4H2,1H3,(H,12,13)(H,14,15). The van der Waals surface area contributed by atoms with Gasteiger partial charge in [-0.3, -0.25) is 4.79 Å². The molecular weight excluding hydrogens is 194 g/mol. The Kier molecular flexibility index (Phi) is 2.34. The number of aromatic carboxylic acids is 1. The zero-order valence-corrected chi connectivity index (χ0v) is 8.54. The van der Waals surface area contributed by atoms with Crippen LogP contribution >= 0.6 is 0 Å². The lowest BCUT2D eigenvalue weighted by molar-refractivity contribution is 0.0694. The Labute approximate surface area is 87.0 Å². The Hall–Kier alpha value is -1.58. The highest BCUT2D eigenvalue weighted by molar-refractivity contribution is 5.87. The van der Waals surface area contributed by atoms with Gasteiger partial charge in [0.15, 0.2) is 0 Å². The molecular formula is C11H13NO3. The first kappa shape index (κ1) is 9.96. The monoisotopic (exact) mass is 207 g/mol. The second kappa shape index (κ2) is 3.53. The lowest BCUT2D eigenvalue weighted by Gasteiger charge is -2.26. The highest BCUT2D eigenvalue weighted by atomic mass is 16.4. The summed E-state index contributed by atoms with van der Waals surface area (Å²) in [5.41, 5.74) is 1.12. The number of pyridine rings is 1. The van der Waals surface area contributed by atoms with Gasteiger partial charge in [-0.05, 0) is 37.3 Å². The SMILES string of the molecule is Cc1cc(C(=O)O)c(=O)[nH]c1C1CCC1. The summed E-state index contributed by atoms with van der Waals surface area (Å²) >= 11 is 0. The number of rotatable bonds is 2. The van der Waals surface area contributed by atoms with Gasteiger partial charge >= 0.3 is 5.97 Å². The minimum atomic E-state index is -1.17. The average molecular weight is 207 g/mol. The van der Waals surface area contributed by atoms with E-state index in [0.717, 1.165) is 24.1 Å². The summed E-state index contributed by atoms with van der Waals surface area (Å²) < 4.78 is 0. The van der Waals surface area contributed by atoms with Gasteiger partial charge in [0.05, 0.1) is 0 Å². The highest BCUT2D eigenvalue weighted by Gasteiger charge is 2.23. The number of nitrogens with one attached hydrogen (secondary N) is 1. The molecule has 0 saturated heterocycles. The Balaban J connectivity index is 2.47. The maximum Gasteiger partial charge on any atom is 0.341 e. The topological polar surface area (TPSA) is 70.2 Å². The fourth-order valence-corrected chi connectivity index (χ4v) is 1.93. The van der Waals surface area contributed by atoms with Crippen LogP contribution in [0.3, 0.4) is 0 Å². The van der Waals surface area contributed by atoms with Gasteiger partial charge in [0, 0.05) is 5.69 Å². The van der Waals surface area contributed by atoms with Crippen molar-refractivity contribution in [2.45, 2.75) is 32.1 Å². The summed E-state index contributed by atoms with van der Waals surface area (Å²) in [5, 5.41) is 8.77. The number of aromatic amines is 1. The molecule has 1 aromatic heterocycles. The first-order valence-electron chi connectivity index (χ1n) is 5.06. The molecule has 4 heteroatoms. The van der Waals surface area contributed by atoms with Crippen LogP contribution in [0.4, 0.5) is 0 Å². The predicted molar refractivity (Wildman–Crippen MR) is 55.4 cm³/mol. The molecule has 0 amide bonds. The fourth-order valence-electron chi connectivity index (χ4n) is 1.93. The Bertz CT molecular complexity index is 457. The van der Waals surface area contributed by atoms with E-state index in [1.54, 1.807) is 0 Å². The average Bonchev–Trinajstić information content (AvgIpc) is 2.07. The van der Waals surface area contributed by atoms with Crippen LogP contribution in [0.2, 0.25) is 0 Å². The molecule has 1 heterocycles. The largest absolute Gasteiger partial charge is 0.477 e. The van der Waals surface area contributed by atoms with E-state index in [0.29, 0.717) is 5.92 Å². The van der Waals surface area contributed by atoms with Crippen molar-refractivity contribution in [1.82, 2.24) is 4.98 Å². The molecule has 4 nitrogen and oxygen atoms in total. The number of hydrogen-bond donors (Lipinski definition) is 2. The van der Waals surface area contributed by atoms with Crippen molar-refractivity contribution in [3.8, 4) is 0 Å². The van der Waals surface area contributed by atoms with Crippen LogP contribution in [0.25, 0.3) is 0 Å². The van der Waals surface area contributed by atoms with Crippen LogP contribution in [0.15, 0.2) is 10.9 Å². The van der Waals surface area contributed by atoms with E-state index in [2.05, 4.69) is 4.98 Å². The van der Waals surface area contributed by atoms with Crippen LogP contribution in [0.5, 0.6) is 0 Å². The summed E-state index contributed by atoms with van der Waals surface area (Å²) in [6.45, 7) is 1.84. The molecule has 0 bridgehead atoms. The second-order valence-corrected chi connectivity index (χ2v) is 4.04. The van der Waals surface area contributed by atoms with E-state index in [-0.39, 0.29) is 5.56 Å². The molecule has 1 aliphatic rings. The molecule has 80 valence electrons. The van der Waals surface area contributed by atoms with Gasteiger partial charge in [-0.25, -0.2) is 4.79 Å². The zero-order valence-electron chi connectivity index (χ0n) is 8.54. The molecule has 0 unspecified atom stereocenters. The highest BCUT2D eigenvalue weighted by Crippen LogP contribution is 2.36.